The molecule has 0 saturated carbocycles. The fourth-order valence-corrected chi connectivity index (χ4v) is 2.50. The van der Waals surface area contributed by atoms with Gasteiger partial charge in [-0.25, -0.2) is 0 Å². The molecule has 0 saturated heterocycles. The number of amides is 1. The first-order valence-electron chi connectivity index (χ1n) is 7.20. The van der Waals surface area contributed by atoms with Crippen LogP contribution in [0.4, 0.5) is 0 Å². The van der Waals surface area contributed by atoms with Gasteiger partial charge < -0.3 is 14.8 Å². The third-order valence-electron chi connectivity index (χ3n) is 3.59. The molecule has 1 aliphatic rings. The molecular weight excluding hydrogens is 314 g/mol. The Morgan fingerprint density at radius 2 is 2.04 bits per heavy atom. The molecule has 0 atom stereocenters. The average molecular weight is 330 g/mol. The Morgan fingerprint density at radius 1 is 1.26 bits per heavy atom. The fourth-order valence-electron chi connectivity index (χ4n) is 2.32. The number of methoxy groups -OCH3 is 1. The lowest BCUT2D eigenvalue weighted by Gasteiger charge is -2.18. The van der Waals surface area contributed by atoms with Crippen molar-refractivity contribution in [2.45, 2.75) is 6.54 Å². The van der Waals surface area contributed by atoms with Crippen molar-refractivity contribution in [2.75, 3.05) is 13.7 Å². The highest BCUT2D eigenvalue weighted by Crippen LogP contribution is 2.28. The van der Waals surface area contributed by atoms with Crippen LogP contribution in [-0.2, 0) is 11.3 Å². The number of nitrogens with one attached hydrogen (secondary N) is 1. The highest BCUT2D eigenvalue weighted by molar-refractivity contribution is 6.30. The average Bonchev–Trinajstić information content (AvgIpc) is 2.59. The van der Waals surface area contributed by atoms with Crippen molar-refractivity contribution in [1.82, 2.24) is 5.32 Å². The molecular formula is C18H16ClNO3. The number of carbonyl (C=O) groups is 1. The summed E-state index contributed by atoms with van der Waals surface area (Å²) in [6.07, 6.45) is 1.81. The maximum atomic E-state index is 12.3. The Bertz CT molecular complexity index is 753. The van der Waals surface area contributed by atoms with Crippen LogP contribution in [0.5, 0.6) is 11.5 Å². The maximum Gasteiger partial charge on any atom is 0.250 e. The number of carbonyl (C=O) groups excluding carboxylic acids is 1. The first-order chi connectivity index (χ1) is 11.2. The molecule has 1 aliphatic heterocycles. The van der Waals surface area contributed by atoms with E-state index < -0.39 is 0 Å². The highest BCUT2D eigenvalue weighted by Gasteiger charge is 2.17. The summed E-state index contributed by atoms with van der Waals surface area (Å²) in [6, 6.07) is 12.9. The lowest BCUT2D eigenvalue weighted by molar-refractivity contribution is -0.117. The van der Waals surface area contributed by atoms with Crippen LogP contribution in [0.3, 0.4) is 0 Å². The third kappa shape index (κ3) is 3.66. The molecule has 3 rings (SSSR count). The Hall–Kier alpha value is -2.46. The lowest BCUT2D eigenvalue weighted by atomic mass is 10.1. The number of hydrogen-bond donors (Lipinski definition) is 1. The van der Waals surface area contributed by atoms with Crippen molar-refractivity contribution in [2.24, 2.45) is 0 Å². The van der Waals surface area contributed by atoms with Gasteiger partial charge in [0.2, 0.25) is 0 Å². The summed E-state index contributed by atoms with van der Waals surface area (Å²) < 4.78 is 10.7. The normalized spacial score (nSPS) is 12.7. The minimum atomic E-state index is -0.147. The molecule has 118 valence electrons. The predicted molar refractivity (Wildman–Crippen MR) is 89.8 cm³/mol. The molecule has 1 heterocycles. The first-order valence-corrected chi connectivity index (χ1v) is 7.57. The van der Waals surface area contributed by atoms with Gasteiger partial charge in [-0.2, -0.15) is 0 Å². The van der Waals surface area contributed by atoms with Crippen LogP contribution < -0.4 is 14.8 Å². The Balaban J connectivity index is 1.66. The molecule has 0 fully saturated rings. The van der Waals surface area contributed by atoms with Crippen LogP contribution in [0.1, 0.15) is 11.1 Å². The van der Waals surface area contributed by atoms with Crippen molar-refractivity contribution >= 4 is 23.6 Å². The lowest BCUT2D eigenvalue weighted by Crippen LogP contribution is -2.28. The predicted octanol–water partition coefficient (Wildman–Crippen LogP) is 3.44. The van der Waals surface area contributed by atoms with Gasteiger partial charge >= 0.3 is 0 Å². The van der Waals surface area contributed by atoms with Crippen LogP contribution in [0.2, 0.25) is 5.02 Å². The third-order valence-corrected chi connectivity index (χ3v) is 3.82. The molecule has 0 bridgehead atoms. The van der Waals surface area contributed by atoms with Gasteiger partial charge in [-0.15, -0.1) is 0 Å². The molecule has 5 heteroatoms. The topological polar surface area (TPSA) is 47.6 Å². The molecule has 1 N–H and O–H groups in total. The van der Waals surface area contributed by atoms with E-state index >= 15 is 0 Å². The zero-order valence-electron chi connectivity index (χ0n) is 12.6. The zero-order chi connectivity index (χ0) is 16.2. The van der Waals surface area contributed by atoms with E-state index in [1.807, 2.05) is 30.3 Å². The van der Waals surface area contributed by atoms with E-state index in [4.69, 9.17) is 21.1 Å². The van der Waals surface area contributed by atoms with Crippen molar-refractivity contribution in [3.63, 3.8) is 0 Å². The monoisotopic (exact) mass is 329 g/mol. The van der Waals surface area contributed by atoms with Crippen molar-refractivity contribution in [1.29, 1.82) is 0 Å². The molecule has 1 amide bonds. The van der Waals surface area contributed by atoms with E-state index in [-0.39, 0.29) is 12.5 Å². The minimum absolute atomic E-state index is 0.147. The second-order valence-electron chi connectivity index (χ2n) is 5.17. The van der Waals surface area contributed by atoms with E-state index in [1.165, 1.54) is 0 Å². The van der Waals surface area contributed by atoms with Gasteiger partial charge in [0.1, 0.15) is 18.1 Å². The summed E-state index contributed by atoms with van der Waals surface area (Å²) in [5, 5.41) is 3.50. The summed E-state index contributed by atoms with van der Waals surface area (Å²) >= 11 is 5.97. The van der Waals surface area contributed by atoms with Crippen LogP contribution in [-0.4, -0.2) is 19.6 Å². The van der Waals surface area contributed by atoms with Gasteiger partial charge in [0.15, 0.2) is 0 Å². The minimum Gasteiger partial charge on any atom is -0.497 e. The zero-order valence-corrected chi connectivity index (χ0v) is 13.4. The number of hydrogen-bond acceptors (Lipinski definition) is 3. The Labute approximate surface area is 139 Å². The van der Waals surface area contributed by atoms with Gasteiger partial charge in [-0.1, -0.05) is 23.7 Å². The molecule has 4 nitrogen and oxygen atoms in total. The van der Waals surface area contributed by atoms with Gasteiger partial charge in [0, 0.05) is 17.1 Å². The number of fused-ring (bicyclic) bond motifs is 1. The van der Waals surface area contributed by atoms with Crippen LogP contribution in [0.25, 0.3) is 6.08 Å². The standard InChI is InChI=1S/C18H16ClNO3/c1-22-16-5-2-12(3-6-16)10-20-18(21)14-8-13-9-15(19)4-7-17(13)23-11-14/h2-9H,10-11H2,1H3,(H,20,21). The van der Waals surface area contributed by atoms with Crippen molar-refractivity contribution in [3.8, 4) is 11.5 Å². The largest absolute Gasteiger partial charge is 0.497 e. The van der Waals surface area contributed by atoms with Gasteiger partial charge in [-0.3, -0.25) is 4.79 Å². The van der Waals surface area contributed by atoms with Crippen LogP contribution in [0.15, 0.2) is 48.0 Å². The fraction of sp³-hybridized carbons (Fsp3) is 0.167. The molecule has 0 radical (unpaired) electrons. The molecule has 0 unspecified atom stereocenters. The quantitative estimate of drug-likeness (QED) is 0.934. The number of ether oxygens (including phenoxy) is 2. The second-order valence-corrected chi connectivity index (χ2v) is 5.61. The van der Waals surface area contributed by atoms with Crippen molar-refractivity contribution in [3.05, 3.63) is 64.2 Å². The molecule has 0 aromatic heterocycles. The SMILES string of the molecule is COc1ccc(CNC(=O)C2=Cc3cc(Cl)ccc3OC2)cc1. The summed E-state index contributed by atoms with van der Waals surface area (Å²) in [5.74, 6) is 1.38. The highest BCUT2D eigenvalue weighted by atomic mass is 35.5. The summed E-state index contributed by atoms with van der Waals surface area (Å²) in [6.45, 7) is 0.700. The smallest absolute Gasteiger partial charge is 0.250 e. The van der Waals surface area contributed by atoms with E-state index in [0.717, 1.165) is 22.6 Å². The maximum absolute atomic E-state index is 12.3. The second kappa shape index (κ2) is 6.75. The van der Waals surface area contributed by atoms with Crippen molar-refractivity contribution < 1.29 is 14.3 Å². The summed E-state index contributed by atoms with van der Waals surface area (Å²) in [4.78, 5) is 12.3. The molecule has 2 aromatic carbocycles. The van der Waals surface area contributed by atoms with Crippen LogP contribution >= 0.6 is 11.6 Å². The number of rotatable bonds is 4. The van der Waals surface area contributed by atoms with E-state index in [0.29, 0.717) is 17.1 Å². The summed E-state index contributed by atoms with van der Waals surface area (Å²) in [7, 11) is 1.62. The van der Waals surface area contributed by atoms with Crippen LogP contribution in [0, 0.1) is 0 Å². The van der Waals surface area contributed by atoms with Gasteiger partial charge in [0.05, 0.1) is 12.7 Å². The van der Waals surface area contributed by atoms with Gasteiger partial charge in [-0.05, 0) is 42.0 Å². The molecule has 23 heavy (non-hydrogen) atoms. The van der Waals surface area contributed by atoms with E-state index in [2.05, 4.69) is 5.32 Å². The summed E-state index contributed by atoms with van der Waals surface area (Å²) in [5.41, 5.74) is 2.39. The number of benzene rings is 2. The Morgan fingerprint density at radius 3 is 2.78 bits per heavy atom. The van der Waals surface area contributed by atoms with E-state index in [9.17, 15) is 4.79 Å². The number of halogens is 1. The molecule has 0 spiro atoms. The van der Waals surface area contributed by atoms with Gasteiger partial charge in [0.25, 0.3) is 5.91 Å². The molecule has 0 aliphatic carbocycles. The Kier molecular flexibility index (Phi) is 4.53. The van der Waals surface area contributed by atoms with E-state index in [1.54, 1.807) is 25.3 Å². The molecule has 2 aromatic rings. The first kappa shape index (κ1) is 15.4.